The molecule has 0 radical (unpaired) electrons. The van der Waals surface area contributed by atoms with Gasteiger partial charge in [-0.15, -0.1) is 0 Å². The van der Waals surface area contributed by atoms with Gasteiger partial charge in [0, 0.05) is 63.2 Å². The summed E-state index contributed by atoms with van der Waals surface area (Å²) in [6.45, 7) is 32.1. The molecular formula is C46H78N4O4. The quantitative estimate of drug-likeness (QED) is 0.176. The van der Waals surface area contributed by atoms with Crippen molar-refractivity contribution in [3.05, 3.63) is 12.2 Å². The van der Waals surface area contributed by atoms with Crippen LogP contribution >= 0.6 is 0 Å². The first-order valence-corrected chi connectivity index (χ1v) is 22.6. The minimum atomic E-state index is -0.137. The summed E-state index contributed by atoms with van der Waals surface area (Å²) in [5.41, 5.74) is 2.04. The highest BCUT2D eigenvalue weighted by Gasteiger charge is 2.71. The third-order valence-corrected chi connectivity index (χ3v) is 18.4. The molecule has 12 atom stereocenters. The van der Waals surface area contributed by atoms with Crippen LogP contribution in [0.15, 0.2) is 12.2 Å². The van der Waals surface area contributed by atoms with E-state index >= 15 is 0 Å². The van der Waals surface area contributed by atoms with Crippen LogP contribution in [0.25, 0.3) is 0 Å². The first kappa shape index (κ1) is 40.7. The molecule has 306 valence electrons. The van der Waals surface area contributed by atoms with Crippen molar-refractivity contribution in [3.8, 4) is 0 Å². The van der Waals surface area contributed by atoms with E-state index in [0.717, 1.165) is 90.9 Å². The average molecular weight is 751 g/mol. The van der Waals surface area contributed by atoms with Crippen molar-refractivity contribution in [1.29, 1.82) is 0 Å². The van der Waals surface area contributed by atoms with E-state index in [4.69, 9.17) is 9.47 Å². The number of piperazine rings is 2. The Hall–Kier alpha value is -1.48. The number of ether oxygens (including phenoxy) is 2. The van der Waals surface area contributed by atoms with Crippen LogP contribution in [0.2, 0.25) is 0 Å². The van der Waals surface area contributed by atoms with Gasteiger partial charge < -0.3 is 20.1 Å². The Labute approximate surface area is 329 Å². The highest BCUT2D eigenvalue weighted by Crippen LogP contribution is 2.77. The van der Waals surface area contributed by atoms with Crippen molar-refractivity contribution < 1.29 is 19.1 Å². The number of hydrogen-bond donors (Lipinski definition) is 2. The molecule has 6 unspecified atom stereocenters. The number of carbonyl (C=O) groups excluding carboxylic acids is 2. The third-order valence-electron chi connectivity index (χ3n) is 18.4. The molecule has 8 nitrogen and oxygen atoms in total. The number of esters is 2. The van der Waals surface area contributed by atoms with Gasteiger partial charge in [-0.25, -0.2) is 0 Å². The van der Waals surface area contributed by atoms with E-state index in [1.54, 1.807) is 0 Å². The maximum absolute atomic E-state index is 13.8. The summed E-state index contributed by atoms with van der Waals surface area (Å²) >= 11 is 0. The fraction of sp³-hybridized carbons (Fsp3) is 0.913. The molecule has 2 N–H and O–H groups in total. The number of nitrogens with zero attached hydrogens (tertiary/aromatic N) is 2. The van der Waals surface area contributed by atoms with E-state index in [9.17, 15) is 9.59 Å². The van der Waals surface area contributed by atoms with E-state index < -0.39 is 0 Å². The average Bonchev–Trinajstić information content (AvgIpc) is 3.54. The molecule has 2 heterocycles. The van der Waals surface area contributed by atoms with Crippen LogP contribution in [0.3, 0.4) is 0 Å². The number of allylic oxidation sites excluding steroid dienone is 1. The van der Waals surface area contributed by atoms with Gasteiger partial charge in [0.1, 0.15) is 18.2 Å². The minimum absolute atomic E-state index is 0.000501. The molecule has 0 aromatic rings. The molecule has 7 aliphatic rings. The standard InChI is InChI=1S/C46H78N4O4/c1-10-34(49-26-22-47-23-27-49)40(51)53-30-46-19-14-32(31(3)4)39(46)33-12-13-37-43(7)17-16-38(54-41(52)35(11-2)50-28-24-48-25-29-50)42(5,6)36(43)15-18-45(37,9)44(33,8)20-21-46/h32-39,47-48H,3,10-30H2,1-2,4-9H3/t32-,33?,34?,35?,36?,37?,38-,39?,43-,44+,45+,46+/m0/s1. The Morgan fingerprint density at radius 2 is 1.33 bits per heavy atom. The summed E-state index contributed by atoms with van der Waals surface area (Å²) in [6.07, 6.45) is 13.4. The van der Waals surface area contributed by atoms with Crippen molar-refractivity contribution in [2.24, 2.45) is 56.7 Å². The lowest BCUT2D eigenvalue weighted by molar-refractivity contribution is -0.252. The number of carbonyl (C=O) groups is 2. The van der Waals surface area contributed by atoms with Crippen LogP contribution in [-0.2, 0) is 19.1 Å². The molecule has 0 amide bonds. The van der Waals surface area contributed by atoms with Crippen LogP contribution in [0.5, 0.6) is 0 Å². The van der Waals surface area contributed by atoms with Crippen molar-refractivity contribution in [2.75, 3.05) is 59.0 Å². The predicted molar refractivity (Wildman–Crippen MR) is 217 cm³/mol. The second-order valence-corrected chi connectivity index (χ2v) is 20.9. The molecule has 2 saturated heterocycles. The fourth-order valence-electron chi connectivity index (χ4n) is 15.4. The molecule has 7 fully saturated rings. The zero-order chi connectivity index (χ0) is 38.7. The second kappa shape index (κ2) is 15.4. The predicted octanol–water partition coefficient (Wildman–Crippen LogP) is 7.47. The summed E-state index contributed by atoms with van der Waals surface area (Å²) in [6, 6.07) is -0.274. The smallest absolute Gasteiger partial charge is 0.323 e. The summed E-state index contributed by atoms with van der Waals surface area (Å²) in [5.74, 6) is 2.85. The minimum Gasteiger partial charge on any atom is -0.464 e. The largest absolute Gasteiger partial charge is 0.464 e. The summed E-state index contributed by atoms with van der Waals surface area (Å²) in [5, 5.41) is 6.87. The first-order chi connectivity index (χ1) is 25.7. The van der Waals surface area contributed by atoms with Gasteiger partial charge in [-0.3, -0.25) is 19.4 Å². The van der Waals surface area contributed by atoms with Crippen LogP contribution in [0.1, 0.15) is 132 Å². The SMILES string of the molecule is C=C(C)[C@@H]1CC[C@]2(COC(=O)C(CC)N3CCNCC3)CC[C@]3(C)C(CCC4[C@@]5(C)CC[C@H](OC(=O)C(CC)N6CCNCC6)C(C)(C)C5CC[C@]43C)C12. The molecule has 54 heavy (non-hydrogen) atoms. The van der Waals surface area contributed by atoms with Gasteiger partial charge in [-0.05, 0) is 130 Å². The third kappa shape index (κ3) is 6.55. The van der Waals surface area contributed by atoms with Gasteiger partial charge in [0.15, 0.2) is 0 Å². The van der Waals surface area contributed by atoms with E-state index in [0.29, 0.717) is 36.2 Å². The molecule has 0 spiro atoms. The van der Waals surface area contributed by atoms with Gasteiger partial charge >= 0.3 is 11.9 Å². The topological polar surface area (TPSA) is 83.1 Å². The number of nitrogens with one attached hydrogen (secondary N) is 2. The zero-order valence-electron chi connectivity index (χ0n) is 35.7. The van der Waals surface area contributed by atoms with Gasteiger partial charge in [0.2, 0.25) is 0 Å². The Balaban J connectivity index is 1.09. The van der Waals surface area contributed by atoms with Crippen LogP contribution in [-0.4, -0.2) is 98.9 Å². The van der Waals surface area contributed by atoms with Gasteiger partial charge in [-0.2, -0.15) is 0 Å². The molecule has 0 aromatic heterocycles. The fourth-order valence-corrected chi connectivity index (χ4v) is 15.4. The summed E-state index contributed by atoms with van der Waals surface area (Å²) < 4.78 is 13.1. The first-order valence-electron chi connectivity index (χ1n) is 22.6. The molecule has 0 bridgehead atoms. The highest BCUT2D eigenvalue weighted by molar-refractivity contribution is 5.76. The van der Waals surface area contributed by atoms with Gasteiger partial charge in [0.25, 0.3) is 0 Å². The van der Waals surface area contributed by atoms with E-state index in [2.05, 4.69) is 82.4 Å². The van der Waals surface area contributed by atoms with Gasteiger partial charge in [0.05, 0.1) is 6.61 Å². The van der Waals surface area contributed by atoms with Crippen LogP contribution in [0.4, 0.5) is 0 Å². The van der Waals surface area contributed by atoms with Crippen LogP contribution < -0.4 is 10.6 Å². The maximum atomic E-state index is 13.8. The normalized spacial score (nSPS) is 43.4. The Kier molecular flexibility index (Phi) is 11.6. The Bertz CT molecular complexity index is 1390. The van der Waals surface area contributed by atoms with Crippen LogP contribution in [0, 0.1) is 56.7 Å². The van der Waals surface area contributed by atoms with E-state index in [1.807, 2.05) is 0 Å². The lowest BCUT2D eigenvalue weighted by Gasteiger charge is -2.73. The van der Waals surface area contributed by atoms with Gasteiger partial charge in [-0.1, -0.05) is 60.6 Å². The van der Waals surface area contributed by atoms with E-state index in [-0.39, 0.29) is 57.2 Å². The van der Waals surface area contributed by atoms with Crippen molar-refractivity contribution >= 4 is 11.9 Å². The molecule has 0 aromatic carbocycles. The lowest BCUT2D eigenvalue weighted by atomic mass is 9.32. The Morgan fingerprint density at radius 3 is 1.93 bits per heavy atom. The molecule has 8 heteroatoms. The van der Waals surface area contributed by atoms with Crippen molar-refractivity contribution in [1.82, 2.24) is 20.4 Å². The number of fused-ring (bicyclic) bond motifs is 7. The summed E-state index contributed by atoms with van der Waals surface area (Å²) in [4.78, 5) is 32.3. The summed E-state index contributed by atoms with van der Waals surface area (Å²) in [7, 11) is 0. The van der Waals surface area contributed by atoms with Crippen molar-refractivity contribution in [2.45, 2.75) is 151 Å². The monoisotopic (exact) mass is 751 g/mol. The molecule has 5 aliphatic carbocycles. The zero-order valence-corrected chi connectivity index (χ0v) is 35.7. The molecular weight excluding hydrogens is 673 g/mol. The lowest BCUT2D eigenvalue weighted by Crippen LogP contribution is -2.67. The molecule has 5 saturated carbocycles. The van der Waals surface area contributed by atoms with E-state index in [1.165, 1.54) is 44.1 Å². The van der Waals surface area contributed by atoms with Crippen molar-refractivity contribution in [3.63, 3.8) is 0 Å². The number of hydrogen-bond acceptors (Lipinski definition) is 8. The molecule has 2 aliphatic heterocycles. The second-order valence-electron chi connectivity index (χ2n) is 20.9. The maximum Gasteiger partial charge on any atom is 0.323 e. The Morgan fingerprint density at radius 1 is 0.722 bits per heavy atom. The highest BCUT2D eigenvalue weighted by atomic mass is 16.5. The molecule has 7 rings (SSSR count). The number of rotatable bonds is 10.